The Morgan fingerprint density at radius 3 is 2.41 bits per heavy atom. The van der Waals surface area contributed by atoms with E-state index in [-0.39, 0.29) is 0 Å². The molecule has 1 N–H and O–H groups in total. The lowest BCUT2D eigenvalue weighted by Gasteiger charge is -2.24. The van der Waals surface area contributed by atoms with Gasteiger partial charge in [0.15, 0.2) is 0 Å². The summed E-state index contributed by atoms with van der Waals surface area (Å²) in [5.74, 6) is 0. The summed E-state index contributed by atoms with van der Waals surface area (Å²) < 4.78 is 21.4. The highest BCUT2D eigenvalue weighted by Gasteiger charge is 2.29. The fraction of sp³-hybridized carbons (Fsp3) is 1.00. The molecule has 2 unspecified atom stereocenters. The Hall–Kier alpha value is 0.0169. The molecule has 0 bridgehead atoms. The average Bonchev–Trinajstić information content (AvgIpc) is 2.28. The van der Waals surface area contributed by atoms with Crippen LogP contribution in [0.1, 0.15) is 13.3 Å². The van der Waals surface area contributed by atoms with Crippen molar-refractivity contribution in [2.45, 2.75) is 32.0 Å². The first kappa shape index (κ1) is 17.0. The highest BCUT2D eigenvalue weighted by molar-refractivity contribution is 6.65. The van der Waals surface area contributed by atoms with Crippen LogP contribution >= 0.6 is 0 Å². The zero-order valence-corrected chi connectivity index (χ0v) is 12.4. The summed E-state index contributed by atoms with van der Waals surface area (Å²) in [5, 5.41) is 9.02. The Morgan fingerprint density at radius 1 is 1.18 bits per heavy atom. The quantitative estimate of drug-likeness (QED) is 0.449. The first-order valence-electron chi connectivity index (χ1n) is 5.98. The van der Waals surface area contributed by atoms with Crippen molar-refractivity contribution in [2.24, 2.45) is 0 Å². The lowest BCUT2D eigenvalue weighted by molar-refractivity contribution is 0.0454. The van der Waals surface area contributed by atoms with Crippen LogP contribution in [-0.4, -0.2) is 60.4 Å². The molecule has 0 aliphatic carbocycles. The second-order valence-corrected chi connectivity index (χ2v) is 7.67. The second kappa shape index (κ2) is 9.99. The maximum absolute atomic E-state index is 9.02. The second-order valence-electron chi connectivity index (χ2n) is 4.21. The fourth-order valence-electron chi connectivity index (χ4n) is 1.32. The molecule has 0 amide bonds. The molecular weight excluding hydrogens is 240 g/mol. The summed E-state index contributed by atoms with van der Waals surface area (Å²) in [6.45, 7) is 5.92. The molecule has 0 spiro atoms. The summed E-state index contributed by atoms with van der Waals surface area (Å²) in [7, 11) is 1.28. The van der Waals surface area contributed by atoms with E-state index in [1.54, 1.807) is 21.1 Å². The summed E-state index contributed by atoms with van der Waals surface area (Å²) in [6.07, 6.45) is 0.481. The topological polar surface area (TPSA) is 57.2 Å². The van der Waals surface area contributed by atoms with E-state index < -0.39 is 14.7 Å². The van der Waals surface area contributed by atoms with Gasteiger partial charge in [0, 0.05) is 20.8 Å². The van der Waals surface area contributed by atoms with Crippen molar-refractivity contribution < 1.29 is 23.4 Å². The van der Waals surface area contributed by atoms with Gasteiger partial charge >= 0.3 is 8.56 Å². The first-order chi connectivity index (χ1) is 8.04. The minimum Gasteiger partial charge on any atom is -0.398 e. The SMILES string of the molecule is COCCO[Si](C)(CCCOCC(C)O)OC. The normalized spacial score (nSPS) is 16.8. The largest absolute Gasteiger partial charge is 0.398 e. The summed E-state index contributed by atoms with van der Waals surface area (Å²) in [4.78, 5) is 0. The van der Waals surface area contributed by atoms with Crippen molar-refractivity contribution in [3.8, 4) is 0 Å². The molecule has 0 fully saturated rings. The van der Waals surface area contributed by atoms with Crippen LogP contribution in [0.15, 0.2) is 0 Å². The lowest BCUT2D eigenvalue weighted by atomic mass is 10.4. The Morgan fingerprint density at radius 2 is 1.88 bits per heavy atom. The van der Waals surface area contributed by atoms with Gasteiger partial charge in [0.1, 0.15) is 0 Å². The van der Waals surface area contributed by atoms with Crippen LogP contribution in [0.4, 0.5) is 0 Å². The van der Waals surface area contributed by atoms with Crippen LogP contribution in [0.2, 0.25) is 12.6 Å². The van der Waals surface area contributed by atoms with E-state index in [0.717, 1.165) is 12.5 Å². The van der Waals surface area contributed by atoms with Crippen LogP contribution in [0.5, 0.6) is 0 Å². The van der Waals surface area contributed by atoms with Crippen molar-refractivity contribution >= 4 is 8.56 Å². The molecule has 0 aromatic rings. The van der Waals surface area contributed by atoms with E-state index in [9.17, 15) is 0 Å². The first-order valence-corrected chi connectivity index (χ1v) is 8.50. The monoisotopic (exact) mass is 266 g/mol. The minimum atomic E-state index is -2.06. The number of aliphatic hydroxyl groups excluding tert-OH is 1. The predicted octanol–water partition coefficient (Wildman–Crippen LogP) is 1.16. The van der Waals surface area contributed by atoms with Gasteiger partial charge in [-0.25, -0.2) is 0 Å². The molecule has 6 heteroatoms. The van der Waals surface area contributed by atoms with Gasteiger partial charge in [-0.05, 0) is 25.9 Å². The lowest BCUT2D eigenvalue weighted by Crippen LogP contribution is -2.38. The van der Waals surface area contributed by atoms with Crippen LogP contribution < -0.4 is 0 Å². The molecular formula is C11H26O5Si. The smallest absolute Gasteiger partial charge is 0.334 e. The van der Waals surface area contributed by atoms with E-state index in [1.165, 1.54) is 0 Å². The molecule has 0 aromatic carbocycles. The maximum Gasteiger partial charge on any atom is 0.334 e. The zero-order chi connectivity index (χ0) is 13.1. The van der Waals surface area contributed by atoms with Gasteiger partial charge in [0.2, 0.25) is 0 Å². The van der Waals surface area contributed by atoms with E-state index >= 15 is 0 Å². The number of hydrogen-bond donors (Lipinski definition) is 1. The highest BCUT2D eigenvalue weighted by Crippen LogP contribution is 2.14. The van der Waals surface area contributed by atoms with Crippen LogP contribution in [0.25, 0.3) is 0 Å². The molecule has 0 aliphatic heterocycles. The molecule has 5 nitrogen and oxygen atoms in total. The van der Waals surface area contributed by atoms with E-state index in [1.807, 2.05) is 6.55 Å². The third-order valence-electron chi connectivity index (χ3n) is 2.41. The maximum atomic E-state index is 9.02. The van der Waals surface area contributed by atoms with E-state index in [0.29, 0.717) is 26.4 Å². The number of ether oxygens (including phenoxy) is 2. The molecule has 0 aliphatic rings. The molecule has 0 heterocycles. The van der Waals surface area contributed by atoms with Gasteiger partial charge in [0.05, 0.1) is 25.9 Å². The zero-order valence-electron chi connectivity index (χ0n) is 11.4. The van der Waals surface area contributed by atoms with Gasteiger partial charge < -0.3 is 23.4 Å². The number of hydrogen-bond acceptors (Lipinski definition) is 5. The van der Waals surface area contributed by atoms with E-state index in [4.69, 9.17) is 23.4 Å². The van der Waals surface area contributed by atoms with E-state index in [2.05, 4.69) is 0 Å². The average molecular weight is 266 g/mol. The van der Waals surface area contributed by atoms with Crippen molar-refractivity contribution in [3.05, 3.63) is 0 Å². The Bertz CT molecular complexity index is 179. The molecule has 0 saturated heterocycles. The van der Waals surface area contributed by atoms with Gasteiger partial charge in [0.25, 0.3) is 0 Å². The van der Waals surface area contributed by atoms with Gasteiger partial charge in [-0.2, -0.15) is 0 Å². The highest BCUT2D eigenvalue weighted by atomic mass is 28.4. The number of methoxy groups -OCH3 is 1. The molecule has 104 valence electrons. The minimum absolute atomic E-state index is 0.385. The molecule has 0 rings (SSSR count). The standard InChI is InChI=1S/C11H26O5Si/c1-11(12)10-15-6-5-9-17(4,14-3)16-8-7-13-2/h11-12H,5-10H2,1-4H3. The van der Waals surface area contributed by atoms with Gasteiger partial charge in [-0.15, -0.1) is 0 Å². The molecule has 0 aromatic heterocycles. The van der Waals surface area contributed by atoms with Crippen LogP contribution in [0, 0.1) is 0 Å². The Labute approximate surface area is 105 Å². The third kappa shape index (κ3) is 9.69. The molecule has 0 radical (unpaired) electrons. The molecule has 0 saturated carbocycles. The Kier molecular flexibility index (Phi) is 10.00. The molecule has 2 atom stereocenters. The summed E-state index contributed by atoms with van der Waals surface area (Å²) >= 11 is 0. The summed E-state index contributed by atoms with van der Waals surface area (Å²) in [6, 6.07) is 0.882. The van der Waals surface area contributed by atoms with Crippen molar-refractivity contribution in [1.82, 2.24) is 0 Å². The molecule has 17 heavy (non-hydrogen) atoms. The van der Waals surface area contributed by atoms with Gasteiger partial charge in [-0.1, -0.05) is 0 Å². The third-order valence-corrected chi connectivity index (χ3v) is 5.35. The van der Waals surface area contributed by atoms with Crippen molar-refractivity contribution in [1.29, 1.82) is 0 Å². The summed E-state index contributed by atoms with van der Waals surface area (Å²) in [5.41, 5.74) is 0. The van der Waals surface area contributed by atoms with Crippen LogP contribution in [0.3, 0.4) is 0 Å². The van der Waals surface area contributed by atoms with Crippen LogP contribution in [-0.2, 0) is 18.3 Å². The number of aliphatic hydroxyl groups is 1. The Balaban J connectivity index is 3.64. The van der Waals surface area contributed by atoms with Gasteiger partial charge in [-0.3, -0.25) is 0 Å². The van der Waals surface area contributed by atoms with Crippen molar-refractivity contribution in [3.63, 3.8) is 0 Å². The fourth-order valence-corrected chi connectivity index (χ4v) is 3.09. The predicted molar refractivity (Wildman–Crippen MR) is 68.4 cm³/mol. The number of rotatable bonds is 11. The van der Waals surface area contributed by atoms with Crippen molar-refractivity contribution in [2.75, 3.05) is 40.6 Å².